The minimum Gasteiger partial charge on any atom is -0.497 e. The van der Waals surface area contributed by atoms with Crippen molar-refractivity contribution in [2.45, 2.75) is 31.4 Å². The zero-order valence-electron chi connectivity index (χ0n) is 13.3. The molecule has 0 saturated carbocycles. The smallest absolute Gasteiger partial charge is 0.245 e. The maximum absolute atomic E-state index is 12.6. The standard InChI is InChI=1S/C17H22N2O4/c1-22-13-5-2-4-12(10-13)15-11-19(8-9-23-15)17(21)14-6-3-7-16(20)18-14/h2,4-5,10,14-15H,3,6-9,11H2,1H3,(H,18,20)/t14-,15?/m1/s1. The van der Waals surface area contributed by atoms with Crippen LogP contribution in [0.25, 0.3) is 0 Å². The van der Waals surface area contributed by atoms with Gasteiger partial charge in [0.1, 0.15) is 17.9 Å². The largest absolute Gasteiger partial charge is 0.497 e. The van der Waals surface area contributed by atoms with Crippen molar-refractivity contribution in [2.75, 3.05) is 26.8 Å². The molecule has 1 aromatic rings. The lowest BCUT2D eigenvalue weighted by Crippen LogP contribution is -2.53. The summed E-state index contributed by atoms with van der Waals surface area (Å²) in [5, 5.41) is 2.80. The summed E-state index contributed by atoms with van der Waals surface area (Å²) >= 11 is 0. The third-order valence-corrected chi connectivity index (χ3v) is 4.37. The molecule has 1 aromatic carbocycles. The van der Waals surface area contributed by atoms with Crippen LogP contribution in [-0.2, 0) is 14.3 Å². The third-order valence-electron chi connectivity index (χ3n) is 4.37. The molecule has 23 heavy (non-hydrogen) atoms. The zero-order valence-corrected chi connectivity index (χ0v) is 13.3. The van der Waals surface area contributed by atoms with Crippen LogP contribution < -0.4 is 10.1 Å². The summed E-state index contributed by atoms with van der Waals surface area (Å²) in [6.45, 7) is 1.55. The van der Waals surface area contributed by atoms with E-state index >= 15 is 0 Å². The highest BCUT2D eigenvalue weighted by molar-refractivity contribution is 5.88. The van der Waals surface area contributed by atoms with Crippen LogP contribution in [0.1, 0.15) is 30.9 Å². The molecule has 2 heterocycles. The van der Waals surface area contributed by atoms with Crippen molar-refractivity contribution in [3.63, 3.8) is 0 Å². The second-order valence-electron chi connectivity index (χ2n) is 5.93. The number of amides is 2. The van der Waals surface area contributed by atoms with Gasteiger partial charge in [0, 0.05) is 13.0 Å². The second kappa shape index (κ2) is 7.00. The van der Waals surface area contributed by atoms with E-state index in [2.05, 4.69) is 5.32 Å². The Balaban J connectivity index is 1.67. The van der Waals surface area contributed by atoms with Gasteiger partial charge in [-0.1, -0.05) is 12.1 Å². The lowest BCUT2D eigenvalue weighted by molar-refractivity contribution is -0.144. The summed E-state index contributed by atoms with van der Waals surface area (Å²) in [6.07, 6.45) is 1.83. The van der Waals surface area contributed by atoms with Crippen molar-refractivity contribution in [1.29, 1.82) is 0 Å². The molecule has 2 aliphatic heterocycles. The molecule has 0 radical (unpaired) electrons. The lowest BCUT2D eigenvalue weighted by Gasteiger charge is -2.36. The molecule has 2 saturated heterocycles. The molecule has 1 unspecified atom stereocenters. The highest BCUT2D eigenvalue weighted by atomic mass is 16.5. The van der Waals surface area contributed by atoms with Gasteiger partial charge in [-0.3, -0.25) is 9.59 Å². The Kier molecular flexibility index (Phi) is 4.81. The molecule has 2 aliphatic rings. The number of hydrogen-bond acceptors (Lipinski definition) is 4. The first-order valence-electron chi connectivity index (χ1n) is 8.01. The first kappa shape index (κ1) is 15.8. The number of rotatable bonds is 3. The van der Waals surface area contributed by atoms with Crippen LogP contribution in [0.5, 0.6) is 5.75 Å². The van der Waals surface area contributed by atoms with E-state index in [4.69, 9.17) is 9.47 Å². The molecule has 1 N–H and O–H groups in total. The third kappa shape index (κ3) is 3.64. The van der Waals surface area contributed by atoms with E-state index in [1.165, 1.54) is 0 Å². The van der Waals surface area contributed by atoms with E-state index in [0.29, 0.717) is 32.5 Å². The van der Waals surface area contributed by atoms with Gasteiger partial charge in [-0.05, 0) is 30.5 Å². The van der Waals surface area contributed by atoms with Crippen molar-refractivity contribution in [1.82, 2.24) is 10.2 Å². The zero-order chi connectivity index (χ0) is 16.2. The molecule has 2 amide bonds. The number of hydrogen-bond donors (Lipinski definition) is 1. The van der Waals surface area contributed by atoms with Crippen LogP contribution in [0.3, 0.4) is 0 Å². The van der Waals surface area contributed by atoms with E-state index in [9.17, 15) is 9.59 Å². The molecule has 0 aliphatic carbocycles. The van der Waals surface area contributed by atoms with Crippen molar-refractivity contribution in [3.8, 4) is 5.75 Å². The number of methoxy groups -OCH3 is 1. The van der Waals surface area contributed by atoms with E-state index < -0.39 is 0 Å². The number of nitrogens with zero attached hydrogens (tertiary/aromatic N) is 1. The minimum atomic E-state index is -0.389. The summed E-state index contributed by atoms with van der Waals surface area (Å²) in [7, 11) is 1.63. The Morgan fingerprint density at radius 2 is 2.30 bits per heavy atom. The van der Waals surface area contributed by atoms with Gasteiger partial charge in [0.25, 0.3) is 0 Å². The molecule has 2 fully saturated rings. The fourth-order valence-corrected chi connectivity index (χ4v) is 3.10. The van der Waals surface area contributed by atoms with Crippen LogP contribution in [0.2, 0.25) is 0 Å². The van der Waals surface area contributed by atoms with Gasteiger partial charge in [-0.15, -0.1) is 0 Å². The Morgan fingerprint density at radius 1 is 1.43 bits per heavy atom. The maximum Gasteiger partial charge on any atom is 0.245 e. The Morgan fingerprint density at radius 3 is 3.09 bits per heavy atom. The Labute approximate surface area is 135 Å². The van der Waals surface area contributed by atoms with Gasteiger partial charge in [0.15, 0.2) is 0 Å². The van der Waals surface area contributed by atoms with Gasteiger partial charge in [-0.2, -0.15) is 0 Å². The number of benzene rings is 1. The van der Waals surface area contributed by atoms with Crippen LogP contribution >= 0.6 is 0 Å². The number of ether oxygens (including phenoxy) is 2. The van der Waals surface area contributed by atoms with Gasteiger partial charge in [-0.25, -0.2) is 0 Å². The molecule has 124 valence electrons. The molecule has 6 heteroatoms. The van der Waals surface area contributed by atoms with Gasteiger partial charge in [0.05, 0.1) is 20.3 Å². The van der Waals surface area contributed by atoms with Crippen LogP contribution in [-0.4, -0.2) is 49.6 Å². The number of carbonyl (C=O) groups excluding carboxylic acids is 2. The van der Waals surface area contributed by atoms with Gasteiger partial charge >= 0.3 is 0 Å². The lowest BCUT2D eigenvalue weighted by atomic mass is 10.0. The molecule has 0 aromatic heterocycles. The highest BCUT2D eigenvalue weighted by Crippen LogP contribution is 2.26. The first-order valence-corrected chi connectivity index (χ1v) is 8.01. The normalized spacial score (nSPS) is 24.9. The number of carbonyl (C=O) groups is 2. The number of piperidine rings is 1. The SMILES string of the molecule is COc1cccc(C2CN(C(=O)[C@H]3CCCC(=O)N3)CCO2)c1. The van der Waals surface area contributed by atoms with Crippen LogP contribution in [0.4, 0.5) is 0 Å². The van der Waals surface area contributed by atoms with Crippen molar-refractivity contribution in [2.24, 2.45) is 0 Å². The van der Waals surface area contributed by atoms with Crippen LogP contribution in [0, 0.1) is 0 Å². The summed E-state index contributed by atoms with van der Waals surface area (Å²) in [6, 6.07) is 7.32. The maximum atomic E-state index is 12.6. The average Bonchev–Trinajstić information content (AvgIpc) is 2.61. The predicted octanol–water partition coefficient (Wildman–Crippen LogP) is 1.26. The predicted molar refractivity (Wildman–Crippen MR) is 84.0 cm³/mol. The Bertz CT molecular complexity index is 590. The molecule has 3 rings (SSSR count). The molecule has 6 nitrogen and oxygen atoms in total. The summed E-state index contributed by atoms with van der Waals surface area (Å²) in [4.78, 5) is 25.9. The number of nitrogens with one attached hydrogen (secondary N) is 1. The monoisotopic (exact) mass is 318 g/mol. The molecular formula is C17H22N2O4. The summed E-state index contributed by atoms with van der Waals surface area (Å²) in [5.41, 5.74) is 0.995. The molecule has 0 bridgehead atoms. The first-order chi connectivity index (χ1) is 11.2. The Hall–Kier alpha value is -2.08. The highest BCUT2D eigenvalue weighted by Gasteiger charge is 2.32. The molecule has 0 spiro atoms. The fourth-order valence-electron chi connectivity index (χ4n) is 3.10. The average molecular weight is 318 g/mol. The quantitative estimate of drug-likeness (QED) is 0.911. The van der Waals surface area contributed by atoms with E-state index in [1.54, 1.807) is 12.0 Å². The molecule has 2 atom stereocenters. The van der Waals surface area contributed by atoms with Crippen molar-refractivity contribution < 1.29 is 19.1 Å². The summed E-state index contributed by atoms with van der Waals surface area (Å²) < 4.78 is 11.1. The summed E-state index contributed by atoms with van der Waals surface area (Å²) in [5.74, 6) is 0.732. The molecular weight excluding hydrogens is 296 g/mol. The van der Waals surface area contributed by atoms with Crippen LogP contribution in [0.15, 0.2) is 24.3 Å². The minimum absolute atomic E-state index is 0.00533. The van der Waals surface area contributed by atoms with E-state index in [1.807, 2.05) is 24.3 Å². The van der Waals surface area contributed by atoms with Gasteiger partial charge in [0.2, 0.25) is 11.8 Å². The topological polar surface area (TPSA) is 67.9 Å². The van der Waals surface area contributed by atoms with E-state index in [0.717, 1.165) is 17.7 Å². The van der Waals surface area contributed by atoms with E-state index in [-0.39, 0.29) is 24.0 Å². The van der Waals surface area contributed by atoms with Crippen molar-refractivity contribution >= 4 is 11.8 Å². The van der Waals surface area contributed by atoms with Gasteiger partial charge < -0.3 is 19.7 Å². The fraction of sp³-hybridized carbons (Fsp3) is 0.529. The van der Waals surface area contributed by atoms with Crippen molar-refractivity contribution in [3.05, 3.63) is 29.8 Å². The second-order valence-corrected chi connectivity index (χ2v) is 5.93. The number of morpholine rings is 1.